The molecule has 0 fully saturated rings. The average molecular weight is 308 g/mol. The highest BCUT2D eigenvalue weighted by Crippen LogP contribution is 2.28. The molecule has 0 heterocycles. The summed E-state index contributed by atoms with van der Waals surface area (Å²) in [6.45, 7) is 4.02. The SMILES string of the molecule is CCC(N)C(Oc1ccc(Cl)c(F)c1)c1ccc(C)cc1. The minimum Gasteiger partial charge on any atom is -0.484 e. The molecule has 0 spiro atoms. The summed E-state index contributed by atoms with van der Waals surface area (Å²) >= 11 is 5.69. The Bertz CT molecular complexity index is 600. The highest BCUT2D eigenvalue weighted by Gasteiger charge is 2.21. The van der Waals surface area contributed by atoms with Gasteiger partial charge < -0.3 is 10.5 Å². The van der Waals surface area contributed by atoms with Crippen LogP contribution in [0.4, 0.5) is 4.39 Å². The lowest BCUT2D eigenvalue weighted by Crippen LogP contribution is -2.31. The fraction of sp³-hybridized carbons (Fsp3) is 0.294. The first kappa shape index (κ1) is 15.8. The lowest BCUT2D eigenvalue weighted by Gasteiger charge is -2.25. The quantitative estimate of drug-likeness (QED) is 0.873. The lowest BCUT2D eigenvalue weighted by atomic mass is 10.00. The number of ether oxygens (including phenoxy) is 1. The van der Waals surface area contributed by atoms with Crippen LogP contribution in [0.1, 0.15) is 30.6 Å². The summed E-state index contributed by atoms with van der Waals surface area (Å²) in [6.07, 6.45) is 0.436. The van der Waals surface area contributed by atoms with Crippen LogP contribution in [0, 0.1) is 12.7 Å². The van der Waals surface area contributed by atoms with Crippen molar-refractivity contribution in [3.8, 4) is 5.75 Å². The van der Waals surface area contributed by atoms with Crippen molar-refractivity contribution in [1.29, 1.82) is 0 Å². The number of hydrogen-bond donors (Lipinski definition) is 1. The van der Waals surface area contributed by atoms with E-state index in [1.54, 1.807) is 6.07 Å². The largest absolute Gasteiger partial charge is 0.484 e. The zero-order chi connectivity index (χ0) is 15.4. The normalized spacial score (nSPS) is 13.8. The van der Waals surface area contributed by atoms with Crippen molar-refractivity contribution >= 4 is 11.6 Å². The van der Waals surface area contributed by atoms with Crippen LogP contribution in [0.2, 0.25) is 5.02 Å². The Hall–Kier alpha value is -1.58. The number of hydrogen-bond acceptors (Lipinski definition) is 2. The van der Waals surface area contributed by atoms with E-state index < -0.39 is 5.82 Å². The maximum Gasteiger partial charge on any atom is 0.145 e. The summed E-state index contributed by atoms with van der Waals surface area (Å²) in [5.41, 5.74) is 8.30. The van der Waals surface area contributed by atoms with Gasteiger partial charge in [0.05, 0.1) is 5.02 Å². The number of nitrogens with two attached hydrogens (primary N) is 1. The second-order valence-corrected chi connectivity index (χ2v) is 5.50. The molecule has 2 atom stereocenters. The molecule has 2 rings (SSSR count). The minimum absolute atomic E-state index is 0.0778. The molecule has 21 heavy (non-hydrogen) atoms. The van der Waals surface area contributed by atoms with Gasteiger partial charge in [0.1, 0.15) is 17.7 Å². The van der Waals surface area contributed by atoms with Gasteiger partial charge in [-0.3, -0.25) is 0 Å². The van der Waals surface area contributed by atoms with Gasteiger partial charge in [0.15, 0.2) is 0 Å². The molecule has 2 aromatic carbocycles. The zero-order valence-electron chi connectivity index (χ0n) is 12.1. The Morgan fingerprint density at radius 3 is 2.43 bits per heavy atom. The van der Waals surface area contributed by atoms with Crippen LogP contribution in [0.5, 0.6) is 5.75 Å². The summed E-state index contributed by atoms with van der Waals surface area (Å²) in [6, 6.07) is 12.2. The van der Waals surface area contributed by atoms with Crippen LogP contribution in [-0.4, -0.2) is 6.04 Å². The molecule has 0 saturated carbocycles. The van der Waals surface area contributed by atoms with Gasteiger partial charge in [0.25, 0.3) is 0 Å². The highest BCUT2D eigenvalue weighted by atomic mass is 35.5. The van der Waals surface area contributed by atoms with E-state index in [1.807, 2.05) is 38.1 Å². The summed E-state index contributed by atoms with van der Waals surface area (Å²) in [7, 11) is 0. The van der Waals surface area contributed by atoms with Crippen LogP contribution < -0.4 is 10.5 Å². The van der Waals surface area contributed by atoms with Gasteiger partial charge in [0, 0.05) is 12.1 Å². The van der Waals surface area contributed by atoms with E-state index in [0.29, 0.717) is 5.75 Å². The van der Waals surface area contributed by atoms with E-state index in [1.165, 1.54) is 17.7 Å². The van der Waals surface area contributed by atoms with Crippen molar-refractivity contribution in [1.82, 2.24) is 0 Å². The van der Waals surface area contributed by atoms with E-state index in [-0.39, 0.29) is 17.2 Å². The van der Waals surface area contributed by atoms with Gasteiger partial charge >= 0.3 is 0 Å². The summed E-state index contributed by atoms with van der Waals surface area (Å²) in [5, 5.41) is 0.0778. The standard InChI is InChI=1S/C17H19ClFNO/c1-3-16(20)17(12-6-4-11(2)5-7-12)21-13-8-9-14(18)15(19)10-13/h4-10,16-17H,3,20H2,1-2H3. The van der Waals surface area contributed by atoms with Crippen LogP contribution in [-0.2, 0) is 0 Å². The first-order chi connectivity index (χ1) is 10.0. The second-order valence-electron chi connectivity index (χ2n) is 5.10. The Kier molecular flexibility index (Phi) is 5.21. The molecule has 2 aromatic rings. The molecule has 2 nitrogen and oxygen atoms in total. The van der Waals surface area contributed by atoms with Crippen molar-refractivity contribution in [3.63, 3.8) is 0 Å². The average Bonchev–Trinajstić information content (AvgIpc) is 2.48. The number of rotatable bonds is 5. The van der Waals surface area contributed by atoms with Crippen molar-refractivity contribution in [2.45, 2.75) is 32.4 Å². The number of halogens is 2. The Labute approximate surface area is 129 Å². The van der Waals surface area contributed by atoms with Gasteiger partial charge in [-0.25, -0.2) is 4.39 Å². The predicted molar refractivity (Wildman–Crippen MR) is 84.2 cm³/mol. The van der Waals surface area contributed by atoms with Crippen molar-refractivity contribution in [2.75, 3.05) is 0 Å². The smallest absolute Gasteiger partial charge is 0.145 e. The Morgan fingerprint density at radius 2 is 1.86 bits per heavy atom. The molecule has 2 N–H and O–H groups in total. The topological polar surface area (TPSA) is 35.2 Å². The maximum absolute atomic E-state index is 13.5. The summed E-state index contributed by atoms with van der Waals surface area (Å²) in [4.78, 5) is 0. The van der Waals surface area contributed by atoms with Crippen LogP contribution in [0.15, 0.2) is 42.5 Å². The molecule has 0 aliphatic heterocycles. The molecular weight excluding hydrogens is 289 g/mol. The van der Waals surface area contributed by atoms with E-state index in [4.69, 9.17) is 22.1 Å². The minimum atomic E-state index is -0.498. The molecule has 0 radical (unpaired) electrons. The van der Waals surface area contributed by atoms with E-state index >= 15 is 0 Å². The molecule has 4 heteroatoms. The highest BCUT2D eigenvalue weighted by molar-refractivity contribution is 6.30. The monoisotopic (exact) mass is 307 g/mol. The predicted octanol–water partition coefficient (Wildman–Crippen LogP) is 4.64. The first-order valence-corrected chi connectivity index (χ1v) is 7.33. The lowest BCUT2D eigenvalue weighted by molar-refractivity contribution is 0.170. The van der Waals surface area contributed by atoms with Crippen LogP contribution in [0.25, 0.3) is 0 Å². The fourth-order valence-electron chi connectivity index (χ4n) is 2.07. The van der Waals surface area contributed by atoms with Crippen LogP contribution >= 0.6 is 11.6 Å². The molecule has 0 saturated heterocycles. The van der Waals surface area contributed by atoms with Crippen LogP contribution in [0.3, 0.4) is 0 Å². The summed E-state index contributed by atoms with van der Waals surface area (Å²) < 4.78 is 19.4. The molecule has 2 unspecified atom stereocenters. The van der Waals surface area contributed by atoms with E-state index in [9.17, 15) is 4.39 Å². The first-order valence-electron chi connectivity index (χ1n) is 6.95. The van der Waals surface area contributed by atoms with Gasteiger partial charge in [-0.1, -0.05) is 48.4 Å². The molecular formula is C17H19ClFNO. The molecule has 112 valence electrons. The van der Waals surface area contributed by atoms with E-state index in [0.717, 1.165) is 12.0 Å². The van der Waals surface area contributed by atoms with Gasteiger partial charge in [-0.15, -0.1) is 0 Å². The second kappa shape index (κ2) is 6.92. The third-order valence-electron chi connectivity index (χ3n) is 3.42. The molecule has 0 amide bonds. The number of aryl methyl sites for hydroxylation is 1. The third-order valence-corrected chi connectivity index (χ3v) is 3.73. The van der Waals surface area contributed by atoms with Crippen molar-refractivity contribution < 1.29 is 9.13 Å². The molecule has 0 bridgehead atoms. The maximum atomic E-state index is 13.5. The van der Waals surface area contributed by atoms with E-state index in [2.05, 4.69) is 0 Å². The Morgan fingerprint density at radius 1 is 1.19 bits per heavy atom. The van der Waals surface area contributed by atoms with Crippen molar-refractivity contribution in [2.24, 2.45) is 5.73 Å². The van der Waals surface area contributed by atoms with Gasteiger partial charge in [-0.05, 0) is 31.0 Å². The Balaban J connectivity index is 2.28. The fourth-order valence-corrected chi connectivity index (χ4v) is 2.19. The zero-order valence-corrected chi connectivity index (χ0v) is 12.9. The number of benzene rings is 2. The molecule has 0 aliphatic rings. The van der Waals surface area contributed by atoms with Gasteiger partial charge in [0.2, 0.25) is 0 Å². The van der Waals surface area contributed by atoms with Crippen molar-refractivity contribution in [3.05, 3.63) is 64.4 Å². The summed E-state index contributed by atoms with van der Waals surface area (Å²) in [5.74, 6) is -0.0757. The molecule has 0 aliphatic carbocycles. The van der Waals surface area contributed by atoms with Gasteiger partial charge in [-0.2, -0.15) is 0 Å². The molecule has 0 aromatic heterocycles. The third kappa shape index (κ3) is 3.96.